The maximum absolute atomic E-state index is 12.8. The van der Waals surface area contributed by atoms with Gasteiger partial charge in [0, 0.05) is 29.8 Å². The van der Waals surface area contributed by atoms with Crippen molar-refractivity contribution >= 4 is 17.1 Å². The molecule has 3 heterocycles. The average Bonchev–Trinajstić information content (AvgIpc) is 3.12. The zero-order chi connectivity index (χ0) is 19.6. The Morgan fingerprint density at radius 1 is 1.00 bits per heavy atom. The molecule has 1 aliphatic rings. The molecule has 5 rings (SSSR count). The van der Waals surface area contributed by atoms with Crippen LogP contribution in [0.25, 0.3) is 21.6 Å². The Hall–Kier alpha value is -3.18. The van der Waals surface area contributed by atoms with Gasteiger partial charge in [-0.05, 0) is 60.2 Å². The molecule has 0 atom stereocenters. The number of benzene rings is 1. The van der Waals surface area contributed by atoms with Crippen LogP contribution in [0.4, 0.5) is 0 Å². The fourth-order valence-electron chi connectivity index (χ4n) is 3.76. The largest absolute Gasteiger partial charge is 0.291 e. The molecule has 5 heteroatoms. The number of pyridine rings is 2. The Labute approximate surface area is 173 Å². The van der Waals surface area contributed by atoms with Crippen molar-refractivity contribution in [3.63, 3.8) is 0 Å². The van der Waals surface area contributed by atoms with Crippen LogP contribution >= 0.6 is 11.3 Å². The molecule has 0 fully saturated rings. The van der Waals surface area contributed by atoms with Crippen molar-refractivity contribution in [2.24, 2.45) is 0 Å². The SMILES string of the molecule is O=C(Cc1ccccn1)c1nc2c(s1)-c1cc(-c3cccnc3)ccc1CCC2. The molecule has 0 spiro atoms. The quantitative estimate of drug-likeness (QED) is 0.445. The third-order valence-corrected chi connectivity index (χ3v) is 6.38. The van der Waals surface area contributed by atoms with Gasteiger partial charge in [-0.15, -0.1) is 11.3 Å². The van der Waals surface area contributed by atoms with Gasteiger partial charge in [0.25, 0.3) is 0 Å². The van der Waals surface area contributed by atoms with E-state index in [1.54, 1.807) is 12.4 Å². The van der Waals surface area contributed by atoms with Gasteiger partial charge in [-0.1, -0.05) is 24.3 Å². The molecule has 0 aliphatic heterocycles. The molecule has 0 amide bonds. The number of carbonyl (C=O) groups excluding carboxylic acids is 1. The number of Topliss-reactive ketones (excluding diaryl/α,β-unsaturated/α-hetero) is 1. The Morgan fingerprint density at radius 2 is 1.97 bits per heavy atom. The Kier molecular flexibility index (Phi) is 4.74. The van der Waals surface area contributed by atoms with Crippen molar-refractivity contribution in [1.82, 2.24) is 15.0 Å². The summed E-state index contributed by atoms with van der Waals surface area (Å²) in [5.74, 6) is 0.0340. The van der Waals surface area contributed by atoms with Crippen LogP contribution in [0.1, 0.15) is 33.2 Å². The molecule has 0 saturated carbocycles. The predicted molar refractivity (Wildman–Crippen MR) is 115 cm³/mol. The smallest absolute Gasteiger partial charge is 0.197 e. The lowest BCUT2D eigenvalue weighted by atomic mass is 9.98. The Bertz CT molecular complexity index is 1170. The van der Waals surface area contributed by atoms with E-state index in [9.17, 15) is 4.79 Å². The summed E-state index contributed by atoms with van der Waals surface area (Å²) in [7, 11) is 0. The van der Waals surface area contributed by atoms with Crippen molar-refractivity contribution in [1.29, 1.82) is 0 Å². The average molecular weight is 398 g/mol. The van der Waals surface area contributed by atoms with Gasteiger partial charge >= 0.3 is 0 Å². The number of ketones is 1. The van der Waals surface area contributed by atoms with E-state index in [2.05, 4.69) is 34.2 Å². The minimum Gasteiger partial charge on any atom is -0.291 e. The number of carbonyl (C=O) groups is 1. The van der Waals surface area contributed by atoms with Crippen molar-refractivity contribution in [3.05, 3.63) is 89.1 Å². The minimum absolute atomic E-state index is 0.0340. The summed E-state index contributed by atoms with van der Waals surface area (Å²) in [4.78, 5) is 27.2. The van der Waals surface area contributed by atoms with E-state index < -0.39 is 0 Å². The lowest BCUT2D eigenvalue weighted by molar-refractivity contribution is 0.0991. The number of nitrogens with zero attached hydrogens (tertiary/aromatic N) is 3. The van der Waals surface area contributed by atoms with Crippen LogP contribution in [0, 0.1) is 0 Å². The van der Waals surface area contributed by atoms with E-state index in [0.29, 0.717) is 5.01 Å². The molecule has 0 unspecified atom stereocenters. The monoisotopic (exact) mass is 397 g/mol. The number of fused-ring (bicyclic) bond motifs is 3. The van der Waals surface area contributed by atoms with E-state index in [-0.39, 0.29) is 12.2 Å². The number of rotatable bonds is 4. The lowest BCUT2D eigenvalue weighted by Gasteiger charge is -2.09. The zero-order valence-electron chi connectivity index (χ0n) is 15.8. The van der Waals surface area contributed by atoms with E-state index in [0.717, 1.165) is 46.7 Å². The third kappa shape index (κ3) is 3.61. The second kappa shape index (κ2) is 7.68. The summed E-state index contributed by atoms with van der Waals surface area (Å²) >= 11 is 1.52. The van der Waals surface area contributed by atoms with E-state index in [4.69, 9.17) is 4.98 Å². The molecule has 4 aromatic rings. The molecule has 0 radical (unpaired) electrons. The van der Waals surface area contributed by atoms with Crippen LogP contribution in [0.15, 0.2) is 67.1 Å². The number of aryl methyl sites for hydroxylation is 2. The van der Waals surface area contributed by atoms with Gasteiger partial charge in [-0.25, -0.2) is 4.98 Å². The Balaban J connectivity index is 1.53. The highest BCUT2D eigenvalue weighted by Crippen LogP contribution is 2.39. The van der Waals surface area contributed by atoms with Crippen LogP contribution < -0.4 is 0 Å². The van der Waals surface area contributed by atoms with Crippen LogP contribution in [-0.4, -0.2) is 20.7 Å². The van der Waals surface area contributed by atoms with Gasteiger partial charge < -0.3 is 0 Å². The van der Waals surface area contributed by atoms with E-state index in [1.165, 1.54) is 22.5 Å². The van der Waals surface area contributed by atoms with Gasteiger partial charge in [-0.2, -0.15) is 0 Å². The van der Waals surface area contributed by atoms with Crippen LogP contribution in [-0.2, 0) is 19.3 Å². The summed E-state index contributed by atoms with van der Waals surface area (Å²) in [5, 5.41) is 0.584. The normalized spacial score (nSPS) is 12.7. The van der Waals surface area contributed by atoms with Gasteiger partial charge in [0.15, 0.2) is 10.8 Å². The van der Waals surface area contributed by atoms with Gasteiger partial charge in [-0.3, -0.25) is 14.8 Å². The summed E-state index contributed by atoms with van der Waals surface area (Å²) < 4.78 is 0. The second-order valence-corrected chi connectivity index (χ2v) is 8.18. The molecule has 1 aliphatic carbocycles. The van der Waals surface area contributed by atoms with Crippen molar-refractivity contribution in [2.45, 2.75) is 25.7 Å². The van der Waals surface area contributed by atoms with Crippen molar-refractivity contribution in [2.75, 3.05) is 0 Å². The van der Waals surface area contributed by atoms with Gasteiger partial charge in [0.05, 0.1) is 17.0 Å². The first kappa shape index (κ1) is 17.9. The maximum atomic E-state index is 12.8. The van der Waals surface area contributed by atoms with E-state index >= 15 is 0 Å². The maximum Gasteiger partial charge on any atom is 0.197 e. The highest BCUT2D eigenvalue weighted by molar-refractivity contribution is 7.17. The van der Waals surface area contributed by atoms with Crippen LogP contribution in [0.3, 0.4) is 0 Å². The van der Waals surface area contributed by atoms with E-state index in [1.807, 2.05) is 30.5 Å². The second-order valence-electron chi connectivity index (χ2n) is 7.18. The molecule has 142 valence electrons. The predicted octanol–water partition coefficient (Wildman–Crippen LogP) is 5.18. The molecule has 0 saturated heterocycles. The minimum atomic E-state index is 0.0340. The van der Waals surface area contributed by atoms with Crippen LogP contribution in [0.2, 0.25) is 0 Å². The summed E-state index contributed by atoms with van der Waals surface area (Å²) in [5.41, 5.74) is 6.58. The highest BCUT2D eigenvalue weighted by atomic mass is 32.1. The summed E-state index contributed by atoms with van der Waals surface area (Å²) in [6, 6.07) is 16.3. The van der Waals surface area contributed by atoms with Gasteiger partial charge in [0.1, 0.15) is 0 Å². The number of hydrogen-bond acceptors (Lipinski definition) is 5. The standard InChI is InChI=1S/C24H19N3OS/c28-22(14-19-7-1-2-12-26-19)24-27-21-8-3-5-16-9-10-17(13-20(16)23(21)29-24)18-6-4-11-25-15-18/h1-2,4,6-7,9-13,15H,3,5,8,14H2. The lowest BCUT2D eigenvalue weighted by Crippen LogP contribution is -2.04. The fourth-order valence-corrected chi connectivity index (χ4v) is 4.86. The van der Waals surface area contributed by atoms with Crippen molar-refractivity contribution < 1.29 is 4.79 Å². The molecule has 29 heavy (non-hydrogen) atoms. The molecular weight excluding hydrogens is 378 g/mol. The van der Waals surface area contributed by atoms with Crippen LogP contribution in [0.5, 0.6) is 0 Å². The third-order valence-electron chi connectivity index (χ3n) is 5.21. The fraction of sp³-hybridized carbons (Fsp3) is 0.167. The number of aromatic nitrogens is 3. The first-order valence-electron chi connectivity index (χ1n) is 9.74. The summed E-state index contributed by atoms with van der Waals surface area (Å²) in [6.07, 6.45) is 8.65. The topological polar surface area (TPSA) is 55.7 Å². The Morgan fingerprint density at radius 3 is 2.79 bits per heavy atom. The summed E-state index contributed by atoms with van der Waals surface area (Å²) in [6.45, 7) is 0. The molecule has 0 bridgehead atoms. The van der Waals surface area contributed by atoms with Gasteiger partial charge in [0.2, 0.25) is 0 Å². The first-order chi connectivity index (χ1) is 14.3. The molecule has 4 nitrogen and oxygen atoms in total. The molecular formula is C24H19N3OS. The highest BCUT2D eigenvalue weighted by Gasteiger charge is 2.22. The number of hydrogen-bond donors (Lipinski definition) is 0. The zero-order valence-corrected chi connectivity index (χ0v) is 16.7. The van der Waals surface area contributed by atoms with Crippen molar-refractivity contribution in [3.8, 4) is 21.6 Å². The first-order valence-corrected chi connectivity index (χ1v) is 10.6. The molecule has 0 N–H and O–H groups in total. The molecule has 1 aromatic carbocycles. The number of thiazole rings is 1. The molecule has 3 aromatic heterocycles.